The molecule has 0 aliphatic heterocycles. The lowest BCUT2D eigenvalue weighted by atomic mass is 10.1. The number of hydrogen-bond donors (Lipinski definition) is 1. The zero-order valence-corrected chi connectivity index (χ0v) is 10.3. The second-order valence-electron chi connectivity index (χ2n) is 4.96. The molecule has 4 heteroatoms. The topological polar surface area (TPSA) is 60.9 Å². The van der Waals surface area contributed by atoms with Crippen molar-refractivity contribution in [1.29, 1.82) is 0 Å². The summed E-state index contributed by atoms with van der Waals surface area (Å²) in [5.41, 5.74) is 7.19. The maximum atomic E-state index is 12.4. The molecule has 1 aromatic heterocycles. The number of nitrogens with zero attached hydrogens (tertiary/aromatic N) is 2. The summed E-state index contributed by atoms with van der Waals surface area (Å²) in [6.07, 6.45) is 4.12. The van der Waals surface area contributed by atoms with Gasteiger partial charge in [-0.05, 0) is 25.0 Å². The maximum absolute atomic E-state index is 12.4. The first-order valence-electron chi connectivity index (χ1n) is 5.97. The van der Waals surface area contributed by atoms with Crippen LogP contribution in [0.5, 0.6) is 0 Å². The summed E-state index contributed by atoms with van der Waals surface area (Å²) in [4.78, 5) is 12.4. The van der Waals surface area contributed by atoms with Gasteiger partial charge in [0.25, 0.3) is 5.91 Å². The van der Waals surface area contributed by atoms with Crippen molar-refractivity contribution in [2.45, 2.75) is 18.9 Å². The number of carbonyl (C=O) groups excluding carboxylic acids is 1. The molecule has 4 nitrogen and oxygen atoms in total. The number of fused-ring (bicyclic) bond motifs is 1. The van der Waals surface area contributed by atoms with Crippen LogP contribution in [0.15, 0.2) is 37.1 Å². The molecule has 1 aliphatic rings. The van der Waals surface area contributed by atoms with Crippen LogP contribution in [-0.4, -0.2) is 21.2 Å². The Bertz CT molecular complexity index is 658. The molecule has 1 saturated carbocycles. The highest BCUT2D eigenvalue weighted by Crippen LogP contribution is 2.43. The number of carbonyl (C=O) groups is 1. The molecule has 1 fully saturated rings. The van der Waals surface area contributed by atoms with Gasteiger partial charge in [0.15, 0.2) is 0 Å². The van der Waals surface area contributed by atoms with Crippen molar-refractivity contribution in [2.75, 3.05) is 0 Å². The molecule has 3 rings (SSSR count). The predicted molar refractivity (Wildman–Crippen MR) is 70.3 cm³/mol. The number of aryl methyl sites for hydroxylation is 1. The van der Waals surface area contributed by atoms with Crippen molar-refractivity contribution in [3.05, 3.63) is 42.6 Å². The quantitative estimate of drug-likeness (QED) is 0.817. The molecule has 18 heavy (non-hydrogen) atoms. The highest BCUT2D eigenvalue weighted by atomic mass is 16.2. The lowest BCUT2D eigenvalue weighted by molar-refractivity contribution is 0.0850. The monoisotopic (exact) mass is 241 g/mol. The molecule has 2 aromatic rings. The van der Waals surface area contributed by atoms with Crippen molar-refractivity contribution >= 4 is 16.8 Å². The maximum Gasteiger partial charge on any atom is 0.268 e. The second kappa shape index (κ2) is 3.53. The van der Waals surface area contributed by atoms with E-state index in [0.717, 1.165) is 16.5 Å². The van der Waals surface area contributed by atoms with E-state index >= 15 is 0 Å². The summed E-state index contributed by atoms with van der Waals surface area (Å²) in [5.74, 6) is -0.0814. The smallest absolute Gasteiger partial charge is 0.268 e. The molecule has 0 bridgehead atoms. The highest BCUT2D eigenvalue weighted by molar-refractivity contribution is 5.98. The SMILES string of the molecule is C=C[C@H]1C[C@@]1(N)C(=O)n1ncc2c(C)cccc21. The lowest BCUT2D eigenvalue weighted by Crippen LogP contribution is -2.39. The van der Waals surface area contributed by atoms with Gasteiger partial charge in [0.1, 0.15) is 5.54 Å². The minimum atomic E-state index is -0.815. The van der Waals surface area contributed by atoms with Gasteiger partial charge in [0.05, 0.1) is 11.7 Å². The number of aromatic nitrogens is 2. The van der Waals surface area contributed by atoms with Gasteiger partial charge in [-0.2, -0.15) is 9.78 Å². The van der Waals surface area contributed by atoms with Crippen LogP contribution in [0.3, 0.4) is 0 Å². The molecule has 1 heterocycles. The predicted octanol–water partition coefficient (Wildman–Crippen LogP) is 1.89. The third-order valence-electron chi connectivity index (χ3n) is 3.77. The molecule has 0 amide bonds. The first-order valence-corrected chi connectivity index (χ1v) is 5.97. The van der Waals surface area contributed by atoms with Gasteiger partial charge in [0, 0.05) is 11.3 Å². The fraction of sp³-hybridized carbons (Fsp3) is 0.286. The van der Waals surface area contributed by atoms with Crippen LogP contribution < -0.4 is 5.73 Å². The summed E-state index contributed by atoms with van der Waals surface area (Å²) in [5, 5.41) is 5.18. The van der Waals surface area contributed by atoms with Crippen LogP contribution >= 0.6 is 0 Å². The van der Waals surface area contributed by atoms with Gasteiger partial charge in [0.2, 0.25) is 0 Å². The molecule has 0 radical (unpaired) electrons. The molecule has 0 saturated heterocycles. The fourth-order valence-corrected chi connectivity index (χ4v) is 2.40. The molecule has 1 aromatic carbocycles. The van der Waals surface area contributed by atoms with E-state index in [0.29, 0.717) is 6.42 Å². The first kappa shape index (κ1) is 11.2. The van der Waals surface area contributed by atoms with Gasteiger partial charge >= 0.3 is 0 Å². The van der Waals surface area contributed by atoms with Crippen LogP contribution in [0.4, 0.5) is 0 Å². The van der Waals surface area contributed by atoms with Gasteiger partial charge in [-0.3, -0.25) is 4.79 Å². The number of rotatable bonds is 2. The van der Waals surface area contributed by atoms with E-state index in [1.165, 1.54) is 4.68 Å². The normalized spacial score (nSPS) is 26.2. The lowest BCUT2D eigenvalue weighted by Gasteiger charge is -2.09. The Labute approximate surface area is 105 Å². The molecule has 0 unspecified atom stereocenters. The van der Waals surface area contributed by atoms with Crippen LogP contribution in [0.1, 0.15) is 16.8 Å². The molecule has 92 valence electrons. The van der Waals surface area contributed by atoms with E-state index in [9.17, 15) is 4.79 Å². The molecule has 0 spiro atoms. The number of hydrogen-bond acceptors (Lipinski definition) is 3. The Balaban J connectivity index is 2.09. The first-order chi connectivity index (χ1) is 8.58. The van der Waals surface area contributed by atoms with Gasteiger partial charge in [-0.25, -0.2) is 0 Å². The van der Waals surface area contributed by atoms with Gasteiger partial charge in [-0.15, -0.1) is 6.58 Å². The fourth-order valence-electron chi connectivity index (χ4n) is 2.40. The summed E-state index contributed by atoms with van der Waals surface area (Å²) in [6, 6.07) is 5.81. The largest absolute Gasteiger partial charge is 0.317 e. The average molecular weight is 241 g/mol. The third kappa shape index (κ3) is 1.36. The second-order valence-corrected chi connectivity index (χ2v) is 4.96. The molecule has 2 atom stereocenters. The van der Waals surface area contributed by atoms with E-state index < -0.39 is 5.54 Å². The molecular weight excluding hydrogens is 226 g/mol. The zero-order valence-electron chi connectivity index (χ0n) is 10.3. The van der Waals surface area contributed by atoms with E-state index in [1.54, 1.807) is 12.3 Å². The van der Waals surface area contributed by atoms with E-state index in [2.05, 4.69) is 11.7 Å². The molecular formula is C14H15N3O. The summed E-state index contributed by atoms with van der Waals surface area (Å²) in [6.45, 7) is 5.70. The third-order valence-corrected chi connectivity index (χ3v) is 3.77. The van der Waals surface area contributed by atoms with Crippen LogP contribution in [-0.2, 0) is 0 Å². The minimum absolute atomic E-state index is 0.0639. The number of nitrogens with two attached hydrogens (primary N) is 1. The van der Waals surface area contributed by atoms with Crippen molar-refractivity contribution < 1.29 is 4.79 Å². The van der Waals surface area contributed by atoms with Crippen LogP contribution in [0.25, 0.3) is 10.9 Å². The minimum Gasteiger partial charge on any atom is -0.317 e. The Morgan fingerprint density at radius 2 is 2.44 bits per heavy atom. The van der Waals surface area contributed by atoms with E-state index in [1.807, 2.05) is 25.1 Å². The highest BCUT2D eigenvalue weighted by Gasteiger charge is 2.56. The van der Waals surface area contributed by atoms with Crippen molar-refractivity contribution in [3.63, 3.8) is 0 Å². The number of benzene rings is 1. The zero-order chi connectivity index (χ0) is 12.9. The Morgan fingerprint density at radius 3 is 3.11 bits per heavy atom. The summed E-state index contributed by atoms with van der Waals surface area (Å²) < 4.78 is 1.42. The Hall–Kier alpha value is -1.94. The Kier molecular flexibility index (Phi) is 2.19. The summed E-state index contributed by atoms with van der Waals surface area (Å²) >= 11 is 0. The van der Waals surface area contributed by atoms with Crippen LogP contribution in [0, 0.1) is 12.8 Å². The van der Waals surface area contributed by atoms with E-state index in [-0.39, 0.29) is 11.8 Å². The van der Waals surface area contributed by atoms with Crippen molar-refractivity contribution in [2.24, 2.45) is 11.7 Å². The Morgan fingerprint density at radius 1 is 1.67 bits per heavy atom. The standard InChI is InChI=1S/C14H15N3O/c1-3-10-7-14(10,15)13(18)17-12-6-4-5-9(2)11(12)8-16-17/h3-6,8,10H,1,7,15H2,2H3/t10-,14-/m0/s1. The van der Waals surface area contributed by atoms with Crippen molar-refractivity contribution in [3.8, 4) is 0 Å². The average Bonchev–Trinajstić information content (AvgIpc) is 2.85. The molecule has 1 aliphatic carbocycles. The van der Waals surface area contributed by atoms with Crippen molar-refractivity contribution in [1.82, 2.24) is 9.78 Å². The van der Waals surface area contributed by atoms with Crippen LogP contribution in [0.2, 0.25) is 0 Å². The van der Waals surface area contributed by atoms with Gasteiger partial charge < -0.3 is 5.73 Å². The molecule has 2 N–H and O–H groups in total. The van der Waals surface area contributed by atoms with E-state index in [4.69, 9.17) is 5.73 Å². The summed E-state index contributed by atoms with van der Waals surface area (Å²) in [7, 11) is 0. The van der Waals surface area contributed by atoms with Gasteiger partial charge in [-0.1, -0.05) is 18.2 Å².